The van der Waals surface area contributed by atoms with Crippen LogP contribution in [0.15, 0.2) is 42.9 Å². The lowest BCUT2D eigenvalue weighted by Gasteiger charge is -2.09. The summed E-state index contributed by atoms with van der Waals surface area (Å²) in [5, 5.41) is 3.06. The Bertz CT molecular complexity index is 972. The number of nitrogens with one attached hydrogen (secondary N) is 1. The molecular formula is C19H16FN3O3S. The molecule has 138 valence electrons. The molecule has 8 heteroatoms. The third kappa shape index (κ3) is 4.01. The zero-order valence-electron chi connectivity index (χ0n) is 14.7. The predicted octanol–water partition coefficient (Wildman–Crippen LogP) is 4.08. The third-order valence-corrected chi connectivity index (χ3v) is 4.74. The second kappa shape index (κ2) is 8.05. The van der Waals surface area contributed by atoms with Crippen LogP contribution in [0.1, 0.15) is 32.6 Å². The van der Waals surface area contributed by atoms with Gasteiger partial charge in [-0.25, -0.2) is 14.2 Å². The molecule has 27 heavy (non-hydrogen) atoms. The Labute approximate surface area is 159 Å². The lowest BCUT2D eigenvalue weighted by atomic mass is 10.0. The molecule has 0 atom stereocenters. The van der Waals surface area contributed by atoms with Crippen LogP contribution in [0, 0.1) is 12.7 Å². The molecule has 1 N–H and O–H groups in total. The Morgan fingerprint density at radius 3 is 2.59 bits per heavy atom. The van der Waals surface area contributed by atoms with Crippen LogP contribution < -0.4 is 5.32 Å². The average molecular weight is 385 g/mol. The second-order valence-electron chi connectivity index (χ2n) is 5.51. The smallest absolute Gasteiger partial charge is 0.341 e. The van der Waals surface area contributed by atoms with Crippen LogP contribution in [0.4, 0.5) is 9.39 Å². The van der Waals surface area contributed by atoms with Gasteiger partial charge >= 0.3 is 5.97 Å². The van der Waals surface area contributed by atoms with Gasteiger partial charge in [-0.2, -0.15) is 0 Å². The molecule has 1 amide bonds. The quantitative estimate of drug-likeness (QED) is 0.669. The summed E-state index contributed by atoms with van der Waals surface area (Å²) in [6.45, 7) is 3.71. The Morgan fingerprint density at radius 1 is 1.22 bits per heavy atom. The Morgan fingerprint density at radius 2 is 1.96 bits per heavy atom. The zero-order chi connectivity index (χ0) is 19.4. The van der Waals surface area contributed by atoms with E-state index in [0.717, 1.165) is 4.88 Å². The highest BCUT2D eigenvalue weighted by Crippen LogP contribution is 2.40. The number of aryl methyl sites for hydroxylation is 1. The number of carbonyl (C=O) groups is 2. The maximum Gasteiger partial charge on any atom is 0.341 e. The monoisotopic (exact) mass is 385 g/mol. The molecule has 0 fully saturated rings. The summed E-state index contributed by atoms with van der Waals surface area (Å²) in [4.78, 5) is 33.6. The molecule has 0 unspecified atom stereocenters. The zero-order valence-corrected chi connectivity index (χ0v) is 15.5. The van der Waals surface area contributed by atoms with Crippen molar-refractivity contribution >= 4 is 28.2 Å². The van der Waals surface area contributed by atoms with E-state index in [-0.39, 0.29) is 23.7 Å². The summed E-state index contributed by atoms with van der Waals surface area (Å²) in [5.41, 5.74) is 1.63. The van der Waals surface area contributed by atoms with Crippen molar-refractivity contribution < 1.29 is 18.7 Å². The normalized spacial score (nSPS) is 10.5. The molecule has 0 bridgehead atoms. The van der Waals surface area contributed by atoms with Gasteiger partial charge < -0.3 is 10.1 Å². The topological polar surface area (TPSA) is 81.2 Å². The van der Waals surface area contributed by atoms with E-state index in [4.69, 9.17) is 4.74 Å². The first kappa shape index (κ1) is 18.7. The van der Waals surface area contributed by atoms with Gasteiger partial charge in [0.25, 0.3) is 5.91 Å². The van der Waals surface area contributed by atoms with E-state index >= 15 is 0 Å². The van der Waals surface area contributed by atoms with E-state index in [0.29, 0.717) is 16.1 Å². The lowest BCUT2D eigenvalue weighted by Crippen LogP contribution is -2.16. The summed E-state index contributed by atoms with van der Waals surface area (Å²) in [5.74, 6) is -1.42. The highest BCUT2D eigenvalue weighted by Gasteiger charge is 2.26. The molecule has 0 spiro atoms. The van der Waals surface area contributed by atoms with E-state index in [1.54, 1.807) is 19.1 Å². The van der Waals surface area contributed by atoms with Gasteiger partial charge in [-0.15, -0.1) is 11.3 Å². The number of hydrogen-bond donors (Lipinski definition) is 1. The first-order valence-electron chi connectivity index (χ1n) is 8.15. The molecule has 3 rings (SSSR count). The number of thiophene rings is 1. The third-order valence-electron chi connectivity index (χ3n) is 3.72. The molecule has 0 aliphatic carbocycles. The fourth-order valence-electron chi connectivity index (χ4n) is 2.58. The number of ether oxygens (including phenoxy) is 1. The number of esters is 1. The number of nitrogens with zero attached hydrogens (tertiary/aromatic N) is 2. The summed E-state index contributed by atoms with van der Waals surface area (Å²) in [6, 6.07) is 5.81. The molecule has 0 radical (unpaired) electrons. The van der Waals surface area contributed by atoms with Crippen molar-refractivity contribution in [2.45, 2.75) is 13.8 Å². The number of anilines is 1. The van der Waals surface area contributed by atoms with Crippen molar-refractivity contribution in [2.75, 3.05) is 11.9 Å². The predicted molar refractivity (Wildman–Crippen MR) is 100 cm³/mol. The summed E-state index contributed by atoms with van der Waals surface area (Å²) in [6.07, 6.45) is 4.20. The van der Waals surface area contributed by atoms with E-state index in [2.05, 4.69) is 15.3 Å². The molecule has 2 aromatic heterocycles. The van der Waals surface area contributed by atoms with Crippen molar-refractivity contribution in [3.8, 4) is 11.1 Å². The second-order valence-corrected chi connectivity index (χ2v) is 6.73. The van der Waals surface area contributed by atoms with Crippen molar-refractivity contribution in [1.82, 2.24) is 9.97 Å². The number of hydrogen-bond acceptors (Lipinski definition) is 6. The van der Waals surface area contributed by atoms with E-state index in [9.17, 15) is 14.0 Å². The van der Waals surface area contributed by atoms with Gasteiger partial charge in [-0.1, -0.05) is 12.1 Å². The molecule has 0 saturated carbocycles. The number of amides is 1. The highest BCUT2D eigenvalue weighted by molar-refractivity contribution is 7.17. The van der Waals surface area contributed by atoms with E-state index in [1.807, 2.05) is 6.92 Å². The van der Waals surface area contributed by atoms with E-state index in [1.165, 1.54) is 42.1 Å². The van der Waals surface area contributed by atoms with Crippen LogP contribution in [0.2, 0.25) is 0 Å². The fourth-order valence-corrected chi connectivity index (χ4v) is 3.64. The van der Waals surface area contributed by atoms with Crippen molar-refractivity contribution in [3.63, 3.8) is 0 Å². The minimum Gasteiger partial charge on any atom is -0.462 e. The van der Waals surface area contributed by atoms with Gasteiger partial charge in [0.05, 0.1) is 12.8 Å². The van der Waals surface area contributed by atoms with Gasteiger partial charge in [0, 0.05) is 22.8 Å². The minimum atomic E-state index is -0.560. The lowest BCUT2D eigenvalue weighted by molar-refractivity contribution is 0.0529. The fraction of sp³-hybridized carbons (Fsp3) is 0.158. The molecule has 0 aliphatic rings. The standard InChI is InChI=1S/C19H16FN3O3S/c1-3-26-19(25)16-15(12-4-6-13(20)7-5-12)11(2)27-18(16)23-17(24)14-10-21-8-9-22-14/h4-10H,3H2,1-2H3,(H,23,24). The molecular weight excluding hydrogens is 369 g/mol. The Balaban J connectivity index is 2.06. The van der Waals surface area contributed by atoms with Gasteiger partial charge in [0.1, 0.15) is 22.1 Å². The number of halogens is 1. The van der Waals surface area contributed by atoms with Crippen LogP contribution in [0.3, 0.4) is 0 Å². The summed E-state index contributed by atoms with van der Waals surface area (Å²) in [7, 11) is 0. The van der Waals surface area contributed by atoms with Gasteiger partial charge in [0.15, 0.2) is 0 Å². The minimum absolute atomic E-state index is 0.127. The van der Waals surface area contributed by atoms with Crippen molar-refractivity contribution in [2.24, 2.45) is 0 Å². The largest absolute Gasteiger partial charge is 0.462 e. The SMILES string of the molecule is CCOC(=O)c1c(NC(=O)c2cnccn2)sc(C)c1-c1ccc(F)cc1. The van der Waals surface area contributed by atoms with Gasteiger partial charge in [-0.3, -0.25) is 9.78 Å². The summed E-state index contributed by atoms with van der Waals surface area (Å²) >= 11 is 1.24. The molecule has 0 aliphatic heterocycles. The Kier molecular flexibility index (Phi) is 5.56. The molecule has 1 aromatic carbocycles. The molecule has 2 heterocycles. The first-order chi connectivity index (χ1) is 13.0. The van der Waals surface area contributed by atoms with Gasteiger partial charge in [-0.05, 0) is 31.5 Å². The van der Waals surface area contributed by atoms with E-state index < -0.39 is 11.9 Å². The molecule has 6 nitrogen and oxygen atoms in total. The molecule has 0 saturated heterocycles. The van der Waals surface area contributed by atoms with Crippen LogP contribution in [-0.2, 0) is 4.74 Å². The van der Waals surface area contributed by atoms with Crippen LogP contribution in [0.5, 0.6) is 0 Å². The maximum absolute atomic E-state index is 13.3. The van der Waals surface area contributed by atoms with Crippen LogP contribution in [-0.4, -0.2) is 28.5 Å². The average Bonchev–Trinajstić information content (AvgIpc) is 2.99. The number of carbonyl (C=O) groups excluding carboxylic acids is 2. The van der Waals surface area contributed by atoms with Crippen LogP contribution >= 0.6 is 11.3 Å². The van der Waals surface area contributed by atoms with Crippen molar-refractivity contribution in [3.05, 3.63) is 64.8 Å². The van der Waals surface area contributed by atoms with Crippen molar-refractivity contribution in [1.29, 1.82) is 0 Å². The molecule has 3 aromatic rings. The van der Waals surface area contributed by atoms with Crippen LogP contribution in [0.25, 0.3) is 11.1 Å². The summed E-state index contributed by atoms with van der Waals surface area (Å²) < 4.78 is 18.5. The number of rotatable bonds is 5. The highest BCUT2D eigenvalue weighted by atomic mass is 32.1. The first-order valence-corrected chi connectivity index (χ1v) is 8.96. The number of benzene rings is 1. The van der Waals surface area contributed by atoms with Gasteiger partial charge in [0.2, 0.25) is 0 Å². The number of aromatic nitrogens is 2. The Hall–Kier alpha value is -3.13. The maximum atomic E-state index is 13.3.